The van der Waals surface area contributed by atoms with Crippen LogP contribution < -0.4 is 4.74 Å². The zero-order valence-corrected chi connectivity index (χ0v) is 7.69. The number of nitriles is 1. The van der Waals surface area contributed by atoms with Gasteiger partial charge >= 0.3 is 5.97 Å². The predicted octanol–water partition coefficient (Wildman–Crippen LogP) is 1.26. The van der Waals surface area contributed by atoms with Crippen molar-refractivity contribution in [2.24, 2.45) is 0 Å². The number of benzene rings is 1. The average Bonchev–Trinajstić information content (AvgIpc) is 2.26. The number of methoxy groups -OCH3 is 1. The Balaban J connectivity index is 2.53. The quantitative estimate of drug-likeness (QED) is 0.533. The van der Waals surface area contributed by atoms with Crippen LogP contribution in [-0.2, 0) is 16.1 Å². The predicted molar refractivity (Wildman–Crippen MR) is 48.4 cm³/mol. The molecule has 0 radical (unpaired) electrons. The van der Waals surface area contributed by atoms with Gasteiger partial charge < -0.3 is 9.47 Å². The van der Waals surface area contributed by atoms with E-state index >= 15 is 0 Å². The number of ether oxygens (including phenoxy) is 2. The first-order valence-electron chi connectivity index (χ1n) is 3.96. The minimum Gasteiger partial charge on any atom is -0.497 e. The maximum atomic E-state index is 10.5. The average molecular weight is 191 g/mol. The molecule has 1 aromatic rings. The number of esters is 1. The van der Waals surface area contributed by atoms with Gasteiger partial charge in [0.05, 0.1) is 7.11 Å². The van der Waals surface area contributed by atoms with Crippen LogP contribution in [0, 0.1) is 11.3 Å². The minimum atomic E-state index is -0.874. The number of hydrogen-bond donors (Lipinski definition) is 0. The maximum absolute atomic E-state index is 10.5. The lowest BCUT2D eigenvalue weighted by Crippen LogP contribution is -2.00. The fraction of sp³-hybridized carbons (Fsp3) is 0.200. The van der Waals surface area contributed by atoms with Gasteiger partial charge in [-0.15, -0.1) is 0 Å². The molecule has 1 rings (SSSR count). The molecule has 14 heavy (non-hydrogen) atoms. The van der Waals surface area contributed by atoms with E-state index in [-0.39, 0.29) is 6.61 Å². The van der Waals surface area contributed by atoms with Crippen LogP contribution in [0.25, 0.3) is 0 Å². The number of carbonyl (C=O) groups is 1. The lowest BCUT2D eigenvalue weighted by Gasteiger charge is -2.02. The van der Waals surface area contributed by atoms with E-state index in [0.29, 0.717) is 0 Å². The summed E-state index contributed by atoms with van der Waals surface area (Å²) in [5.41, 5.74) is 0.814. The molecule has 0 N–H and O–H groups in total. The van der Waals surface area contributed by atoms with Gasteiger partial charge in [0.2, 0.25) is 0 Å². The highest BCUT2D eigenvalue weighted by Gasteiger charge is 2.00. The van der Waals surface area contributed by atoms with Gasteiger partial charge in [-0.25, -0.2) is 4.79 Å². The van der Waals surface area contributed by atoms with Crippen LogP contribution in [0.1, 0.15) is 5.56 Å². The van der Waals surface area contributed by atoms with Gasteiger partial charge in [0.15, 0.2) is 6.07 Å². The second kappa shape index (κ2) is 4.87. The molecule has 0 amide bonds. The molecule has 0 spiro atoms. The molecule has 0 unspecified atom stereocenters. The van der Waals surface area contributed by atoms with E-state index in [2.05, 4.69) is 4.74 Å². The van der Waals surface area contributed by atoms with Crippen LogP contribution in [0.2, 0.25) is 0 Å². The summed E-state index contributed by atoms with van der Waals surface area (Å²) in [6.45, 7) is 0.108. The summed E-state index contributed by atoms with van der Waals surface area (Å²) in [6, 6.07) is 8.43. The normalized spacial score (nSPS) is 8.86. The van der Waals surface area contributed by atoms with E-state index in [0.717, 1.165) is 11.3 Å². The number of hydrogen-bond acceptors (Lipinski definition) is 4. The molecular formula is C10H9NO3. The summed E-state index contributed by atoms with van der Waals surface area (Å²) in [5.74, 6) is -0.138. The third-order valence-corrected chi connectivity index (χ3v) is 1.62. The highest BCUT2D eigenvalue weighted by molar-refractivity contribution is 5.85. The molecule has 0 fully saturated rings. The summed E-state index contributed by atoms with van der Waals surface area (Å²) >= 11 is 0. The van der Waals surface area contributed by atoms with Gasteiger partial charge in [0, 0.05) is 0 Å². The molecular weight excluding hydrogens is 182 g/mol. The summed E-state index contributed by atoms with van der Waals surface area (Å²) < 4.78 is 9.57. The zero-order valence-electron chi connectivity index (χ0n) is 7.69. The van der Waals surface area contributed by atoms with E-state index in [1.54, 1.807) is 31.4 Å². The second-order valence-electron chi connectivity index (χ2n) is 2.54. The van der Waals surface area contributed by atoms with E-state index < -0.39 is 5.97 Å². The van der Waals surface area contributed by atoms with E-state index in [4.69, 9.17) is 10.00 Å². The highest BCUT2D eigenvalue weighted by Crippen LogP contribution is 2.11. The lowest BCUT2D eigenvalue weighted by atomic mass is 10.2. The van der Waals surface area contributed by atoms with Crippen molar-refractivity contribution in [1.82, 2.24) is 0 Å². The molecule has 0 aliphatic carbocycles. The van der Waals surface area contributed by atoms with Gasteiger partial charge in [-0.05, 0) is 17.7 Å². The van der Waals surface area contributed by atoms with Gasteiger partial charge in [-0.1, -0.05) is 12.1 Å². The van der Waals surface area contributed by atoms with Crippen molar-refractivity contribution >= 4 is 5.97 Å². The third kappa shape index (κ3) is 2.79. The first-order chi connectivity index (χ1) is 6.76. The van der Waals surface area contributed by atoms with Crippen LogP contribution in [0.3, 0.4) is 0 Å². The van der Waals surface area contributed by atoms with Gasteiger partial charge in [-0.3, -0.25) is 0 Å². The summed E-state index contributed by atoms with van der Waals surface area (Å²) in [5, 5.41) is 8.15. The van der Waals surface area contributed by atoms with Crippen LogP contribution >= 0.6 is 0 Å². The molecule has 0 aromatic heterocycles. The second-order valence-corrected chi connectivity index (χ2v) is 2.54. The fourth-order valence-electron chi connectivity index (χ4n) is 0.903. The van der Waals surface area contributed by atoms with Crippen molar-refractivity contribution in [3.05, 3.63) is 29.8 Å². The Hall–Kier alpha value is -2.02. The Bertz CT molecular complexity index is 351. The van der Waals surface area contributed by atoms with Crippen molar-refractivity contribution < 1.29 is 14.3 Å². The molecule has 0 aliphatic heterocycles. The zero-order chi connectivity index (χ0) is 10.4. The highest BCUT2D eigenvalue weighted by atomic mass is 16.5. The van der Waals surface area contributed by atoms with Crippen molar-refractivity contribution in [1.29, 1.82) is 5.26 Å². The van der Waals surface area contributed by atoms with Gasteiger partial charge in [0.25, 0.3) is 0 Å². The summed E-state index contributed by atoms with van der Waals surface area (Å²) in [7, 11) is 1.57. The van der Waals surface area contributed by atoms with Crippen molar-refractivity contribution in [3.8, 4) is 11.8 Å². The molecule has 0 saturated heterocycles. The smallest absolute Gasteiger partial charge is 0.411 e. The Morgan fingerprint density at radius 2 is 2.07 bits per heavy atom. The topological polar surface area (TPSA) is 59.3 Å². The maximum Gasteiger partial charge on any atom is 0.411 e. The Morgan fingerprint density at radius 3 is 2.57 bits per heavy atom. The first-order valence-corrected chi connectivity index (χ1v) is 3.96. The molecule has 0 atom stereocenters. The molecule has 0 bridgehead atoms. The van der Waals surface area contributed by atoms with E-state index in [1.807, 2.05) is 0 Å². The van der Waals surface area contributed by atoms with Crippen molar-refractivity contribution in [2.45, 2.75) is 6.61 Å². The molecule has 72 valence electrons. The first kappa shape index (κ1) is 10.1. The molecule has 0 heterocycles. The van der Waals surface area contributed by atoms with Crippen LogP contribution in [0.15, 0.2) is 24.3 Å². The van der Waals surface area contributed by atoms with E-state index in [1.165, 1.54) is 6.07 Å². The molecule has 4 heteroatoms. The van der Waals surface area contributed by atoms with Crippen LogP contribution in [0.5, 0.6) is 5.75 Å². The number of carbonyl (C=O) groups excluding carboxylic acids is 1. The third-order valence-electron chi connectivity index (χ3n) is 1.62. The number of rotatable bonds is 3. The minimum absolute atomic E-state index is 0.108. The van der Waals surface area contributed by atoms with Crippen LogP contribution in [-0.4, -0.2) is 13.1 Å². The van der Waals surface area contributed by atoms with E-state index in [9.17, 15) is 4.79 Å². The van der Waals surface area contributed by atoms with Crippen LogP contribution in [0.4, 0.5) is 0 Å². The Labute approximate surface area is 81.7 Å². The lowest BCUT2D eigenvalue weighted by molar-refractivity contribution is -0.138. The Morgan fingerprint density at radius 1 is 1.43 bits per heavy atom. The molecule has 1 aromatic carbocycles. The van der Waals surface area contributed by atoms with Gasteiger partial charge in [-0.2, -0.15) is 5.26 Å². The SMILES string of the molecule is COc1ccc(COC(=O)C#N)cc1. The fourth-order valence-corrected chi connectivity index (χ4v) is 0.903. The number of nitrogens with zero attached hydrogens (tertiary/aromatic N) is 1. The largest absolute Gasteiger partial charge is 0.497 e. The van der Waals surface area contributed by atoms with Gasteiger partial charge in [0.1, 0.15) is 12.4 Å². The Kier molecular flexibility index (Phi) is 3.50. The monoisotopic (exact) mass is 191 g/mol. The standard InChI is InChI=1S/C10H9NO3/c1-13-9-4-2-8(3-5-9)7-14-10(12)6-11/h2-5H,7H2,1H3. The molecule has 4 nitrogen and oxygen atoms in total. The van der Waals surface area contributed by atoms with Crippen molar-refractivity contribution in [2.75, 3.05) is 7.11 Å². The molecule has 0 saturated carbocycles. The summed E-state index contributed by atoms with van der Waals surface area (Å²) in [6.07, 6.45) is 0. The molecule has 0 aliphatic rings. The van der Waals surface area contributed by atoms with Crippen molar-refractivity contribution in [3.63, 3.8) is 0 Å². The summed E-state index contributed by atoms with van der Waals surface area (Å²) in [4.78, 5) is 10.5.